The van der Waals surface area contributed by atoms with Gasteiger partial charge < -0.3 is 10.5 Å². The molecule has 0 saturated heterocycles. The summed E-state index contributed by atoms with van der Waals surface area (Å²) in [6, 6.07) is 0.0369. The second-order valence-corrected chi connectivity index (χ2v) is 4.55. The van der Waals surface area contributed by atoms with Gasteiger partial charge in [0.1, 0.15) is 0 Å². The van der Waals surface area contributed by atoms with Crippen LogP contribution in [-0.2, 0) is 6.54 Å². The molecular weight excluding hydrogens is 190 g/mol. The molecular formula is C11H19N3O. The standard InChI is InChI=1S/C11H19N3O/c1-4-14-9(8(15-3)7-13-14)10(12)11(2)5-6-11/h7,10H,4-6,12H2,1-3H3. The molecule has 1 unspecified atom stereocenters. The summed E-state index contributed by atoms with van der Waals surface area (Å²) in [7, 11) is 1.67. The fraction of sp³-hybridized carbons (Fsp3) is 0.727. The molecule has 1 aliphatic rings. The minimum Gasteiger partial charge on any atom is -0.493 e. The number of aryl methyl sites for hydroxylation is 1. The molecule has 0 aromatic carbocycles. The Morgan fingerprint density at radius 3 is 2.80 bits per heavy atom. The fourth-order valence-electron chi connectivity index (χ4n) is 1.94. The number of rotatable bonds is 4. The lowest BCUT2D eigenvalue weighted by atomic mass is 9.96. The quantitative estimate of drug-likeness (QED) is 0.821. The van der Waals surface area contributed by atoms with Crippen molar-refractivity contribution in [3.8, 4) is 5.75 Å². The van der Waals surface area contributed by atoms with Gasteiger partial charge in [-0.15, -0.1) is 0 Å². The van der Waals surface area contributed by atoms with Gasteiger partial charge in [-0.1, -0.05) is 6.92 Å². The van der Waals surface area contributed by atoms with Crippen molar-refractivity contribution in [2.75, 3.05) is 7.11 Å². The number of nitrogens with two attached hydrogens (primary N) is 1. The van der Waals surface area contributed by atoms with Crippen LogP contribution >= 0.6 is 0 Å². The van der Waals surface area contributed by atoms with E-state index in [4.69, 9.17) is 10.5 Å². The summed E-state index contributed by atoms with van der Waals surface area (Å²) in [5, 5.41) is 4.28. The van der Waals surface area contributed by atoms with Gasteiger partial charge in [0.25, 0.3) is 0 Å². The fourth-order valence-corrected chi connectivity index (χ4v) is 1.94. The highest BCUT2D eigenvalue weighted by molar-refractivity contribution is 5.30. The Kier molecular flexibility index (Phi) is 2.46. The van der Waals surface area contributed by atoms with Crippen molar-refractivity contribution >= 4 is 0 Å². The summed E-state index contributed by atoms with van der Waals surface area (Å²) < 4.78 is 7.25. The van der Waals surface area contributed by atoms with Crippen LogP contribution in [0.5, 0.6) is 5.75 Å². The summed E-state index contributed by atoms with van der Waals surface area (Å²) in [6.07, 6.45) is 4.16. The van der Waals surface area contributed by atoms with Gasteiger partial charge in [0.15, 0.2) is 5.75 Å². The Balaban J connectivity index is 2.35. The van der Waals surface area contributed by atoms with Crippen molar-refractivity contribution in [3.05, 3.63) is 11.9 Å². The maximum absolute atomic E-state index is 6.29. The van der Waals surface area contributed by atoms with Crippen molar-refractivity contribution < 1.29 is 4.74 Å². The molecule has 0 aliphatic heterocycles. The summed E-state index contributed by atoms with van der Waals surface area (Å²) in [5.74, 6) is 0.817. The highest BCUT2D eigenvalue weighted by Crippen LogP contribution is 2.54. The van der Waals surface area contributed by atoms with Gasteiger partial charge in [-0.05, 0) is 25.2 Å². The number of aromatic nitrogens is 2. The molecule has 0 bridgehead atoms. The Labute approximate surface area is 90.4 Å². The lowest BCUT2D eigenvalue weighted by Gasteiger charge is -2.20. The molecule has 0 spiro atoms. The van der Waals surface area contributed by atoms with Crippen molar-refractivity contribution in [3.63, 3.8) is 0 Å². The molecule has 2 rings (SSSR count). The molecule has 0 radical (unpaired) electrons. The Morgan fingerprint density at radius 1 is 1.67 bits per heavy atom. The minimum absolute atomic E-state index is 0.0369. The molecule has 1 fully saturated rings. The van der Waals surface area contributed by atoms with E-state index in [2.05, 4.69) is 18.9 Å². The molecule has 2 N–H and O–H groups in total. The molecule has 1 aliphatic carbocycles. The van der Waals surface area contributed by atoms with E-state index in [-0.39, 0.29) is 11.5 Å². The van der Waals surface area contributed by atoms with Crippen molar-refractivity contribution in [2.24, 2.45) is 11.1 Å². The third-order valence-electron chi connectivity index (χ3n) is 3.45. The van der Waals surface area contributed by atoms with Crippen LogP contribution in [0.2, 0.25) is 0 Å². The van der Waals surface area contributed by atoms with Crippen LogP contribution in [0.1, 0.15) is 38.4 Å². The van der Waals surface area contributed by atoms with Gasteiger partial charge in [0.05, 0.1) is 25.0 Å². The van der Waals surface area contributed by atoms with Crippen LogP contribution < -0.4 is 10.5 Å². The topological polar surface area (TPSA) is 53.1 Å². The number of nitrogens with zero attached hydrogens (tertiary/aromatic N) is 2. The first-order valence-electron chi connectivity index (χ1n) is 5.47. The third-order valence-corrected chi connectivity index (χ3v) is 3.45. The van der Waals surface area contributed by atoms with Crippen LogP contribution in [-0.4, -0.2) is 16.9 Å². The highest BCUT2D eigenvalue weighted by Gasteiger charge is 2.45. The first kappa shape index (κ1) is 10.5. The van der Waals surface area contributed by atoms with Crippen molar-refractivity contribution in [1.82, 2.24) is 9.78 Å². The molecule has 1 saturated carbocycles. The molecule has 4 nitrogen and oxygen atoms in total. The number of hydrogen-bond donors (Lipinski definition) is 1. The zero-order valence-corrected chi connectivity index (χ0v) is 9.66. The zero-order valence-electron chi connectivity index (χ0n) is 9.66. The maximum atomic E-state index is 6.29. The first-order chi connectivity index (χ1) is 7.12. The van der Waals surface area contributed by atoms with E-state index in [0.717, 1.165) is 18.0 Å². The van der Waals surface area contributed by atoms with E-state index in [0.29, 0.717) is 0 Å². The van der Waals surface area contributed by atoms with Gasteiger partial charge in [-0.2, -0.15) is 5.10 Å². The second kappa shape index (κ2) is 3.52. The molecule has 84 valence electrons. The maximum Gasteiger partial charge on any atom is 0.161 e. The Hall–Kier alpha value is -1.03. The lowest BCUT2D eigenvalue weighted by Crippen LogP contribution is -2.24. The number of methoxy groups -OCH3 is 1. The minimum atomic E-state index is 0.0369. The van der Waals surface area contributed by atoms with Gasteiger partial charge >= 0.3 is 0 Å². The predicted octanol–water partition coefficient (Wildman–Crippen LogP) is 1.71. The SMILES string of the molecule is CCn1ncc(OC)c1C(N)C1(C)CC1. The normalized spacial score (nSPS) is 20.0. The Bertz CT molecular complexity index is 333. The smallest absolute Gasteiger partial charge is 0.161 e. The zero-order chi connectivity index (χ0) is 11.1. The van der Waals surface area contributed by atoms with E-state index in [1.165, 1.54) is 12.8 Å². The summed E-state index contributed by atoms with van der Waals surface area (Å²) in [4.78, 5) is 0. The van der Waals surface area contributed by atoms with Crippen LogP contribution in [0.15, 0.2) is 6.20 Å². The average molecular weight is 209 g/mol. The number of hydrogen-bond acceptors (Lipinski definition) is 3. The van der Waals surface area contributed by atoms with E-state index in [9.17, 15) is 0 Å². The molecule has 1 atom stereocenters. The van der Waals surface area contributed by atoms with E-state index in [1.807, 2.05) is 4.68 Å². The average Bonchev–Trinajstić information content (AvgIpc) is 2.85. The monoisotopic (exact) mass is 209 g/mol. The van der Waals surface area contributed by atoms with E-state index in [1.54, 1.807) is 13.3 Å². The Morgan fingerprint density at radius 2 is 2.33 bits per heavy atom. The number of ether oxygens (including phenoxy) is 1. The molecule has 4 heteroatoms. The van der Waals surface area contributed by atoms with Gasteiger partial charge in [0.2, 0.25) is 0 Å². The second-order valence-electron chi connectivity index (χ2n) is 4.55. The summed E-state index contributed by atoms with van der Waals surface area (Å²) >= 11 is 0. The van der Waals surface area contributed by atoms with Crippen LogP contribution in [0.3, 0.4) is 0 Å². The first-order valence-corrected chi connectivity index (χ1v) is 5.47. The summed E-state index contributed by atoms with van der Waals surface area (Å²) in [6.45, 7) is 5.13. The van der Waals surface area contributed by atoms with Crippen molar-refractivity contribution in [2.45, 2.75) is 39.3 Å². The van der Waals surface area contributed by atoms with Gasteiger partial charge in [0, 0.05) is 6.54 Å². The van der Waals surface area contributed by atoms with Gasteiger partial charge in [-0.25, -0.2) is 0 Å². The van der Waals surface area contributed by atoms with Crippen LogP contribution in [0.25, 0.3) is 0 Å². The van der Waals surface area contributed by atoms with Crippen molar-refractivity contribution in [1.29, 1.82) is 0 Å². The molecule has 1 heterocycles. The third kappa shape index (κ3) is 1.63. The van der Waals surface area contributed by atoms with Crippen LogP contribution in [0.4, 0.5) is 0 Å². The summed E-state index contributed by atoms with van der Waals surface area (Å²) in [5.41, 5.74) is 7.58. The van der Waals surface area contributed by atoms with Gasteiger partial charge in [-0.3, -0.25) is 4.68 Å². The molecule has 15 heavy (non-hydrogen) atoms. The predicted molar refractivity (Wildman–Crippen MR) is 58.7 cm³/mol. The lowest BCUT2D eigenvalue weighted by molar-refractivity contribution is 0.371. The molecule has 1 aromatic rings. The molecule has 1 aromatic heterocycles. The highest BCUT2D eigenvalue weighted by atomic mass is 16.5. The van der Waals surface area contributed by atoms with E-state index < -0.39 is 0 Å². The van der Waals surface area contributed by atoms with E-state index >= 15 is 0 Å². The van der Waals surface area contributed by atoms with Crippen LogP contribution in [0, 0.1) is 5.41 Å². The largest absolute Gasteiger partial charge is 0.493 e. The molecule has 0 amide bonds.